The summed E-state index contributed by atoms with van der Waals surface area (Å²) >= 11 is 0. The van der Waals surface area contributed by atoms with Crippen molar-refractivity contribution >= 4 is 17.9 Å². The number of nitrogens with zero attached hydrogens (tertiary/aromatic N) is 2. The average molecular weight is 284 g/mol. The highest BCUT2D eigenvalue weighted by Gasteiger charge is 2.37. The van der Waals surface area contributed by atoms with Gasteiger partial charge in [-0.05, 0) is 39.3 Å². The maximum Gasteiger partial charge on any atom is 0.329 e. The van der Waals surface area contributed by atoms with E-state index >= 15 is 0 Å². The van der Waals surface area contributed by atoms with E-state index in [0.717, 1.165) is 11.3 Å². The van der Waals surface area contributed by atoms with Crippen LogP contribution in [0.1, 0.15) is 37.5 Å². The van der Waals surface area contributed by atoms with Crippen LogP contribution in [-0.2, 0) is 16.0 Å². The summed E-state index contributed by atoms with van der Waals surface area (Å²) < 4.78 is 5.56. The fraction of sp³-hybridized carbons (Fsp3) is 0.412. The number of aliphatic imine (C=N–C) groups is 1. The van der Waals surface area contributed by atoms with E-state index in [-0.39, 0.29) is 12.0 Å². The third kappa shape index (κ3) is 2.58. The third-order valence-corrected chi connectivity index (χ3v) is 3.58. The van der Waals surface area contributed by atoms with Crippen molar-refractivity contribution in [2.45, 2.75) is 45.8 Å². The molecule has 0 aromatic heterocycles. The molecule has 0 spiro atoms. The summed E-state index contributed by atoms with van der Waals surface area (Å²) in [5.41, 5.74) is 4.02. The molecule has 3 rings (SSSR count). The summed E-state index contributed by atoms with van der Waals surface area (Å²) in [6, 6.07) is 3.93. The van der Waals surface area contributed by atoms with Crippen LogP contribution in [0.4, 0.5) is 5.69 Å². The number of carbonyl (C=O) groups excluding carboxylic acids is 1. The molecule has 2 aliphatic heterocycles. The van der Waals surface area contributed by atoms with Gasteiger partial charge in [0, 0.05) is 30.6 Å². The van der Waals surface area contributed by atoms with Gasteiger partial charge in [0.1, 0.15) is 11.6 Å². The molecule has 1 atom stereocenters. The molecule has 0 amide bonds. The number of ether oxygens (including phenoxy) is 1. The highest BCUT2D eigenvalue weighted by molar-refractivity contribution is 5.95. The quantitative estimate of drug-likeness (QED) is 0.745. The maximum atomic E-state index is 12.5. The summed E-state index contributed by atoms with van der Waals surface area (Å²) in [6.45, 7) is 7.74. The van der Waals surface area contributed by atoms with Crippen LogP contribution in [-0.4, -0.2) is 23.8 Å². The lowest BCUT2D eigenvalue weighted by Gasteiger charge is -2.27. The van der Waals surface area contributed by atoms with Gasteiger partial charge in [0.05, 0.1) is 5.69 Å². The Bertz CT molecular complexity index is 653. The highest BCUT2D eigenvalue weighted by atomic mass is 16.6. The summed E-state index contributed by atoms with van der Waals surface area (Å²) in [5.74, 6) is -0.186. The van der Waals surface area contributed by atoms with Crippen molar-refractivity contribution < 1.29 is 9.53 Å². The van der Waals surface area contributed by atoms with E-state index in [9.17, 15) is 4.79 Å². The number of anilines is 1. The number of aryl methyl sites for hydroxylation is 1. The third-order valence-electron chi connectivity index (χ3n) is 3.58. The monoisotopic (exact) mass is 284 g/mol. The Kier molecular flexibility index (Phi) is 3.12. The largest absolute Gasteiger partial charge is 0.458 e. The van der Waals surface area contributed by atoms with Crippen molar-refractivity contribution in [2.24, 2.45) is 4.99 Å². The molecule has 21 heavy (non-hydrogen) atoms. The van der Waals surface area contributed by atoms with E-state index in [1.54, 1.807) is 6.20 Å². The number of carbonyl (C=O) groups is 1. The van der Waals surface area contributed by atoms with Crippen molar-refractivity contribution in [1.29, 1.82) is 0 Å². The predicted octanol–water partition coefficient (Wildman–Crippen LogP) is 2.97. The molecule has 2 aliphatic rings. The molecule has 0 N–H and O–H groups in total. The Morgan fingerprint density at radius 2 is 2.14 bits per heavy atom. The first-order valence-corrected chi connectivity index (χ1v) is 7.20. The highest BCUT2D eigenvalue weighted by Crippen LogP contribution is 2.37. The summed E-state index contributed by atoms with van der Waals surface area (Å²) in [4.78, 5) is 18.7. The first-order chi connectivity index (χ1) is 9.85. The molecule has 110 valence electrons. The van der Waals surface area contributed by atoms with Gasteiger partial charge < -0.3 is 9.64 Å². The topological polar surface area (TPSA) is 41.9 Å². The van der Waals surface area contributed by atoms with Gasteiger partial charge in [-0.3, -0.25) is 4.99 Å². The standard InChI is InChI=1S/C17H20N2O2/c1-11-7-12-9-14(16(20)21-17(2,3)4)19-6-5-18-10-13(8-11)15(12)19/h5-8,10,14H,9H2,1-4H3. The Morgan fingerprint density at radius 3 is 2.86 bits per heavy atom. The van der Waals surface area contributed by atoms with Crippen LogP contribution in [0.3, 0.4) is 0 Å². The fourth-order valence-corrected chi connectivity index (χ4v) is 2.89. The van der Waals surface area contributed by atoms with E-state index in [1.807, 2.05) is 38.1 Å². The van der Waals surface area contributed by atoms with Crippen LogP contribution >= 0.6 is 0 Å². The SMILES string of the molecule is Cc1cc2c3c(c1)CC(C(=O)OC(C)(C)C)N3C=CN=C2. The van der Waals surface area contributed by atoms with Crippen molar-refractivity contribution in [1.82, 2.24) is 0 Å². The zero-order valence-corrected chi connectivity index (χ0v) is 12.9. The number of hydrogen-bond acceptors (Lipinski definition) is 4. The van der Waals surface area contributed by atoms with Crippen molar-refractivity contribution in [3.05, 3.63) is 41.2 Å². The zero-order valence-electron chi connectivity index (χ0n) is 12.9. The van der Waals surface area contributed by atoms with E-state index in [4.69, 9.17) is 4.74 Å². The van der Waals surface area contributed by atoms with Crippen molar-refractivity contribution in [3.8, 4) is 0 Å². The van der Waals surface area contributed by atoms with Gasteiger partial charge in [-0.25, -0.2) is 4.79 Å². The van der Waals surface area contributed by atoms with Gasteiger partial charge in [0.25, 0.3) is 0 Å². The maximum absolute atomic E-state index is 12.5. The van der Waals surface area contributed by atoms with E-state index in [0.29, 0.717) is 6.42 Å². The second-order valence-electron chi connectivity index (χ2n) is 6.60. The lowest BCUT2D eigenvalue weighted by molar-refractivity contribution is -0.156. The molecule has 1 aromatic carbocycles. The molecule has 2 heterocycles. The van der Waals surface area contributed by atoms with Crippen LogP contribution in [0.5, 0.6) is 0 Å². The molecule has 4 nitrogen and oxygen atoms in total. The Morgan fingerprint density at radius 1 is 1.38 bits per heavy atom. The second kappa shape index (κ2) is 4.72. The van der Waals surface area contributed by atoms with Crippen molar-refractivity contribution in [2.75, 3.05) is 4.90 Å². The normalized spacial score (nSPS) is 19.4. The van der Waals surface area contributed by atoms with E-state index in [1.165, 1.54) is 11.1 Å². The van der Waals surface area contributed by atoms with Crippen LogP contribution in [0.25, 0.3) is 0 Å². The summed E-state index contributed by atoms with van der Waals surface area (Å²) in [6.07, 6.45) is 6.11. The van der Waals surface area contributed by atoms with Gasteiger partial charge >= 0.3 is 5.97 Å². The number of rotatable bonds is 1. The van der Waals surface area contributed by atoms with E-state index < -0.39 is 5.60 Å². The van der Waals surface area contributed by atoms with Crippen molar-refractivity contribution in [3.63, 3.8) is 0 Å². The predicted molar refractivity (Wildman–Crippen MR) is 83.7 cm³/mol. The fourth-order valence-electron chi connectivity index (χ4n) is 2.89. The van der Waals surface area contributed by atoms with Gasteiger partial charge in [0.15, 0.2) is 0 Å². The van der Waals surface area contributed by atoms with Crippen LogP contribution in [0.2, 0.25) is 0 Å². The Balaban J connectivity index is 1.99. The molecule has 0 saturated heterocycles. The molecule has 0 radical (unpaired) electrons. The first kappa shape index (κ1) is 13.9. The molecular weight excluding hydrogens is 264 g/mol. The molecule has 1 unspecified atom stereocenters. The molecule has 0 bridgehead atoms. The lowest BCUT2D eigenvalue weighted by Crippen LogP contribution is -2.40. The molecular formula is C17H20N2O2. The number of hydrogen-bond donors (Lipinski definition) is 0. The average Bonchev–Trinajstić information content (AvgIpc) is 2.57. The van der Waals surface area contributed by atoms with Crippen LogP contribution < -0.4 is 4.90 Å². The van der Waals surface area contributed by atoms with Gasteiger partial charge in [-0.1, -0.05) is 11.6 Å². The number of esters is 1. The zero-order chi connectivity index (χ0) is 15.2. The Hall–Kier alpha value is -2.10. The van der Waals surface area contributed by atoms with Gasteiger partial charge in [-0.15, -0.1) is 0 Å². The molecule has 0 aliphatic carbocycles. The first-order valence-electron chi connectivity index (χ1n) is 7.20. The second-order valence-corrected chi connectivity index (χ2v) is 6.60. The summed E-state index contributed by atoms with van der Waals surface area (Å²) in [5, 5.41) is 0. The molecule has 0 saturated carbocycles. The molecule has 0 fully saturated rings. The molecule has 4 heteroatoms. The minimum Gasteiger partial charge on any atom is -0.458 e. The molecule has 1 aromatic rings. The minimum atomic E-state index is -0.476. The lowest BCUT2D eigenvalue weighted by atomic mass is 10.0. The Labute approximate surface area is 125 Å². The van der Waals surface area contributed by atoms with Gasteiger partial charge in [-0.2, -0.15) is 0 Å². The van der Waals surface area contributed by atoms with Gasteiger partial charge in [0.2, 0.25) is 0 Å². The summed E-state index contributed by atoms with van der Waals surface area (Å²) in [7, 11) is 0. The van der Waals surface area contributed by atoms with Crippen LogP contribution in [0.15, 0.2) is 29.5 Å². The number of benzene rings is 1. The smallest absolute Gasteiger partial charge is 0.329 e. The minimum absolute atomic E-state index is 0.186. The van der Waals surface area contributed by atoms with E-state index in [2.05, 4.69) is 24.0 Å². The van der Waals surface area contributed by atoms with Crippen LogP contribution in [0, 0.1) is 6.92 Å².